The summed E-state index contributed by atoms with van der Waals surface area (Å²) >= 11 is 0. The first-order chi connectivity index (χ1) is 5.93. The van der Waals surface area contributed by atoms with Gasteiger partial charge in [-0.3, -0.25) is 0 Å². The van der Waals surface area contributed by atoms with Crippen molar-refractivity contribution in [2.75, 3.05) is 26.8 Å². The first-order valence-corrected chi connectivity index (χ1v) is 4.22. The maximum atomic E-state index is 5.32. The molecule has 12 heavy (non-hydrogen) atoms. The fraction of sp³-hybridized carbons (Fsp3) is 1.00. The van der Waals surface area contributed by atoms with Crippen LogP contribution in [-0.4, -0.2) is 33.1 Å². The number of rotatable bonds is 7. The fourth-order valence-electron chi connectivity index (χ4n) is 0.828. The standard InChI is InChI=1S/C7H16N2O3/c1-8-12-9-4-2-5-10-7-3-6-11-7/h7-9H,2-6H2,1H3. The second-order valence-corrected chi connectivity index (χ2v) is 2.51. The zero-order valence-corrected chi connectivity index (χ0v) is 7.34. The van der Waals surface area contributed by atoms with E-state index in [1.807, 2.05) is 0 Å². The van der Waals surface area contributed by atoms with Crippen LogP contribution in [0.5, 0.6) is 0 Å². The van der Waals surface area contributed by atoms with Crippen LogP contribution in [0.1, 0.15) is 12.8 Å². The molecule has 1 rings (SSSR count). The zero-order valence-electron chi connectivity index (χ0n) is 7.34. The van der Waals surface area contributed by atoms with Gasteiger partial charge in [-0.15, -0.1) is 0 Å². The first-order valence-electron chi connectivity index (χ1n) is 4.22. The maximum Gasteiger partial charge on any atom is 0.159 e. The Hall–Kier alpha value is -0.200. The van der Waals surface area contributed by atoms with E-state index in [9.17, 15) is 0 Å². The van der Waals surface area contributed by atoms with Crippen molar-refractivity contribution in [3.63, 3.8) is 0 Å². The van der Waals surface area contributed by atoms with Crippen molar-refractivity contribution in [1.29, 1.82) is 0 Å². The molecule has 1 aliphatic rings. The van der Waals surface area contributed by atoms with Crippen LogP contribution in [0.4, 0.5) is 0 Å². The monoisotopic (exact) mass is 176 g/mol. The molecular weight excluding hydrogens is 160 g/mol. The smallest absolute Gasteiger partial charge is 0.159 e. The van der Waals surface area contributed by atoms with Crippen molar-refractivity contribution in [2.45, 2.75) is 19.1 Å². The highest BCUT2D eigenvalue weighted by atomic mass is 16.8. The van der Waals surface area contributed by atoms with Crippen molar-refractivity contribution in [3.8, 4) is 0 Å². The van der Waals surface area contributed by atoms with E-state index >= 15 is 0 Å². The molecule has 0 saturated carbocycles. The summed E-state index contributed by atoms with van der Waals surface area (Å²) in [6.07, 6.45) is 2.00. The lowest BCUT2D eigenvalue weighted by Gasteiger charge is -2.26. The van der Waals surface area contributed by atoms with Crippen molar-refractivity contribution in [1.82, 2.24) is 11.0 Å². The Kier molecular flexibility index (Phi) is 5.21. The summed E-state index contributed by atoms with van der Waals surface area (Å²) in [5.74, 6) is 0. The molecule has 1 aliphatic heterocycles. The maximum absolute atomic E-state index is 5.32. The molecule has 1 fully saturated rings. The highest BCUT2D eigenvalue weighted by Crippen LogP contribution is 2.11. The molecule has 1 heterocycles. The van der Waals surface area contributed by atoms with Crippen LogP contribution in [0.2, 0.25) is 0 Å². The van der Waals surface area contributed by atoms with Gasteiger partial charge in [-0.25, -0.2) is 4.94 Å². The molecule has 5 heteroatoms. The van der Waals surface area contributed by atoms with Gasteiger partial charge in [-0.1, -0.05) is 0 Å². The zero-order chi connectivity index (χ0) is 8.65. The van der Waals surface area contributed by atoms with Gasteiger partial charge in [0.15, 0.2) is 6.29 Å². The molecule has 1 unspecified atom stereocenters. The minimum atomic E-state index is 0.0511. The van der Waals surface area contributed by atoms with Crippen molar-refractivity contribution >= 4 is 0 Å². The molecule has 0 aromatic heterocycles. The normalized spacial score (nSPS) is 22.2. The molecular formula is C7H16N2O3. The fourth-order valence-corrected chi connectivity index (χ4v) is 0.828. The third-order valence-electron chi connectivity index (χ3n) is 1.56. The third-order valence-corrected chi connectivity index (χ3v) is 1.56. The molecule has 0 aliphatic carbocycles. The van der Waals surface area contributed by atoms with Crippen molar-refractivity contribution in [3.05, 3.63) is 0 Å². The molecule has 0 amide bonds. The number of hydrogen-bond donors (Lipinski definition) is 2. The van der Waals surface area contributed by atoms with Gasteiger partial charge in [-0.2, -0.15) is 11.0 Å². The molecule has 5 nitrogen and oxygen atoms in total. The van der Waals surface area contributed by atoms with Crippen molar-refractivity contribution < 1.29 is 14.4 Å². The number of ether oxygens (including phenoxy) is 2. The number of hydroxylamine groups is 2. The van der Waals surface area contributed by atoms with Gasteiger partial charge in [-0.05, 0) is 6.42 Å². The Labute approximate surface area is 72.3 Å². The van der Waals surface area contributed by atoms with Crippen LogP contribution in [0.3, 0.4) is 0 Å². The van der Waals surface area contributed by atoms with E-state index in [4.69, 9.17) is 14.4 Å². The van der Waals surface area contributed by atoms with E-state index in [-0.39, 0.29) is 6.29 Å². The Morgan fingerprint density at radius 1 is 1.58 bits per heavy atom. The van der Waals surface area contributed by atoms with Crippen LogP contribution in [0.25, 0.3) is 0 Å². The second-order valence-electron chi connectivity index (χ2n) is 2.51. The average Bonchev–Trinajstić information content (AvgIpc) is 2.00. The predicted octanol–water partition coefficient (Wildman–Crippen LogP) is -0.205. The largest absolute Gasteiger partial charge is 0.353 e. The number of hydrogen-bond acceptors (Lipinski definition) is 5. The van der Waals surface area contributed by atoms with Crippen LogP contribution in [0, 0.1) is 0 Å². The van der Waals surface area contributed by atoms with Gasteiger partial charge in [0.1, 0.15) is 0 Å². The first kappa shape index (κ1) is 9.88. The van der Waals surface area contributed by atoms with Crippen LogP contribution in [0.15, 0.2) is 0 Å². The van der Waals surface area contributed by atoms with E-state index in [0.29, 0.717) is 6.61 Å². The van der Waals surface area contributed by atoms with Gasteiger partial charge in [0.2, 0.25) is 0 Å². The van der Waals surface area contributed by atoms with Crippen LogP contribution < -0.4 is 11.0 Å². The summed E-state index contributed by atoms with van der Waals surface area (Å²) < 4.78 is 10.4. The molecule has 0 aromatic rings. The minimum absolute atomic E-state index is 0.0511. The summed E-state index contributed by atoms with van der Waals surface area (Å²) in [7, 11) is 1.70. The van der Waals surface area contributed by atoms with E-state index in [1.165, 1.54) is 0 Å². The lowest BCUT2D eigenvalue weighted by molar-refractivity contribution is -0.215. The minimum Gasteiger partial charge on any atom is -0.353 e. The van der Waals surface area contributed by atoms with E-state index in [1.54, 1.807) is 7.05 Å². The van der Waals surface area contributed by atoms with E-state index in [0.717, 1.165) is 26.0 Å². The molecule has 2 N–H and O–H groups in total. The summed E-state index contributed by atoms with van der Waals surface area (Å²) in [6, 6.07) is 0. The lowest BCUT2D eigenvalue weighted by Crippen LogP contribution is -2.31. The van der Waals surface area contributed by atoms with E-state index < -0.39 is 0 Å². The highest BCUT2D eigenvalue weighted by molar-refractivity contribution is 4.54. The van der Waals surface area contributed by atoms with Gasteiger partial charge >= 0.3 is 0 Å². The number of nitrogens with one attached hydrogen (secondary N) is 2. The summed E-state index contributed by atoms with van der Waals surface area (Å²) in [5.41, 5.74) is 5.23. The van der Waals surface area contributed by atoms with Gasteiger partial charge in [0.25, 0.3) is 0 Å². The molecule has 0 bridgehead atoms. The molecule has 0 radical (unpaired) electrons. The van der Waals surface area contributed by atoms with Crippen LogP contribution in [-0.2, 0) is 14.4 Å². The summed E-state index contributed by atoms with van der Waals surface area (Å²) in [6.45, 7) is 2.32. The summed E-state index contributed by atoms with van der Waals surface area (Å²) in [5, 5.41) is 0. The Morgan fingerprint density at radius 3 is 3.00 bits per heavy atom. The average molecular weight is 176 g/mol. The van der Waals surface area contributed by atoms with Crippen molar-refractivity contribution in [2.24, 2.45) is 0 Å². The highest BCUT2D eigenvalue weighted by Gasteiger charge is 2.17. The van der Waals surface area contributed by atoms with Gasteiger partial charge in [0, 0.05) is 20.0 Å². The molecule has 0 spiro atoms. The lowest BCUT2D eigenvalue weighted by atomic mass is 10.3. The van der Waals surface area contributed by atoms with Gasteiger partial charge < -0.3 is 9.47 Å². The third kappa shape index (κ3) is 3.99. The van der Waals surface area contributed by atoms with E-state index in [2.05, 4.69) is 11.0 Å². The van der Waals surface area contributed by atoms with Gasteiger partial charge in [0.05, 0.1) is 13.2 Å². The van der Waals surface area contributed by atoms with Crippen LogP contribution >= 0.6 is 0 Å². The molecule has 72 valence electrons. The summed E-state index contributed by atoms with van der Waals surface area (Å²) in [4.78, 5) is 4.69. The Bertz CT molecular complexity index is 109. The predicted molar refractivity (Wildman–Crippen MR) is 43.1 cm³/mol. The quantitative estimate of drug-likeness (QED) is 0.415. The second kappa shape index (κ2) is 6.33. The topological polar surface area (TPSA) is 51.8 Å². The molecule has 1 atom stereocenters. The molecule has 0 aromatic carbocycles. The SMILES string of the molecule is CNONCCCOC1CCO1. The Balaban J connectivity index is 1.70. The molecule has 1 saturated heterocycles. The Morgan fingerprint density at radius 2 is 2.42 bits per heavy atom.